The van der Waals surface area contributed by atoms with E-state index in [0.29, 0.717) is 26.2 Å². The molecule has 0 unspecified atom stereocenters. The zero-order chi connectivity index (χ0) is 17.8. The molecular weight excluding hydrogens is 358 g/mol. The van der Waals surface area contributed by atoms with Crippen molar-refractivity contribution in [2.75, 3.05) is 11.5 Å². The van der Waals surface area contributed by atoms with Crippen LogP contribution >= 0.6 is 24.0 Å². The molecule has 1 fully saturated rings. The summed E-state index contributed by atoms with van der Waals surface area (Å²) < 4.78 is 5.65. The maximum Gasteiger partial charge on any atom is 0.270 e. The summed E-state index contributed by atoms with van der Waals surface area (Å²) in [6, 6.07) is 16.0. The maximum atomic E-state index is 12.7. The van der Waals surface area contributed by atoms with E-state index in [1.165, 1.54) is 16.7 Å². The lowest BCUT2D eigenvalue weighted by Gasteiger charge is -2.14. The molecule has 1 heterocycles. The van der Waals surface area contributed by atoms with Gasteiger partial charge in [-0.05, 0) is 24.3 Å². The van der Waals surface area contributed by atoms with Crippen molar-refractivity contribution >= 4 is 51.9 Å². The number of hydrogen-bond acceptors (Lipinski definition) is 6. The van der Waals surface area contributed by atoms with Crippen molar-refractivity contribution in [3.8, 4) is 5.75 Å². The number of carboxylic acids is 1. The van der Waals surface area contributed by atoms with Gasteiger partial charge in [0.05, 0.1) is 16.6 Å². The number of ether oxygens (including phenoxy) is 1. The van der Waals surface area contributed by atoms with Gasteiger partial charge >= 0.3 is 0 Å². The highest BCUT2D eigenvalue weighted by Gasteiger charge is 2.33. The van der Waals surface area contributed by atoms with E-state index >= 15 is 0 Å². The second-order valence-corrected chi connectivity index (χ2v) is 6.73. The first kappa shape index (κ1) is 17.2. The molecule has 7 heteroatoms. The van der Waals surface area contributed by atoms with Crippen molar-refractivity contribution in [3.63, 3.8) is 0 Å². The van der Waals surface area contributed by atoms with Gasteiger partial charge in [-0.25, -0.2) is 0 Å². The van der Waals surface area contributed by atoms with Gasteiger partial charge in [0.25, 0.3) is 5.91 Å². The van der Waals surface area contributed by atoms with Gasteiger partial charge in [-0.15, -0.1) is 0 Å². The molecule has 0 bridgehead atoms. The highest BCUT2D eigenvalue weighted by molar-refractivity contribution is 8.27. The fraction of sp³-hybridized carbons (Fsp3) is 0.0556. The Labute approximate surface area is 153 Å². The van der Waals surface area contributed by atoms with Gasteiger partial charge in [0.15, 0.2) is 4.32 Å². The fourth-order valence-electron chi connectivity index (χ4n) is 2.28. The van der Waals surface area contributed by atoms with E-state index in [1.807, 2.05) is 30.3 Å². The summed E-state index contributed by atoms with van der Waals surface area (Å²) in [5, 5.41) is 10.6. The molecule has 0 spiro atoms. The van der Waals surface area contributed by atoms with Crippen LogP contribution in [0.1, 0.15) is 5.56 Å². The Morgan fingerprint density at radius 2 is 1.84 bits per heavy atom. The van der Waals surface area contributed by atoms with Gasteiger partial charge < -0.3 is 14.6 Å². The summed E-state index contributed by atoms with van der Waals surface area (Å²) in [6.07, 6.45) is 1.65. The second-order valence-electron chi connectivity index (χ2n) is 5.05. The van der Waals surface area contributed by atoms with Crippen molar-refractivity contribution in [1.29, 1.82) is 0 Å². The molecule has 25 heavy (non-hydrogen) atoms. The monoisotopic (exact) mass is 370 g/mol. The normalized spacial score (nSPS) is 15.7. The van der Waals surface area contributed by atoms with Crippen LogP contribution in [-0.4, -0.2) is 22.8 Å². The van der Waals surface area contributed by atoms with Crippen LogP contribution in [0.3, 0.4) is 0 Å². The van der Waals surface area contributed by atoms with E-state index in [9.17, 15) is 14.7 Å². The average molecular weight is 370 g/mol. The van der Waals surface area contributed by atoms with Crippen LogP contribution in [0.4, 0.5) is 5.69 Å². The second kappa shape index (κ2) is 7.50. The van der Waals surface area contributed by atoms with Crippen LogP contribution < -0.4 is 14.7 Å². The molecule has 0 radical (unpaired) electrons. The van der Waals surface area contributed by atoms with Crippen LogP contribution in [0, 0.1) is 0 Å². The molecule has 3 rings (SSSR count). The van der Waals surface area contributed by atoms with E-state index in [4.69, 9.17) is 17.0 Å². The molecule has 2 aromatic carbocycles. The topological polar surface area (TPSA) is 69.7 Å². The van der Waals surface area contributed by atoms with Gasteiger partial charge in [-0.3, -0.25) is 9.69 Å². The van der Waals surface area contributed by atoms with Crippen molar-refractivity contribution < 1.29 is 19.4 Å². The number of thioether (sulfide) groups is 1. The molecule has 0 saturated carbocycles. The Morgan fingerprint density at radius 3 is 2.56 bits per heavy atom. The number of anilines is 1. The zero-order valence-electron chi connectivity index (χ0n) is 12.9. The lowest BCUT2D eigenvalue weighted by Crippen LogP contribution is -2.29. The molecule has 0 aromatic heterocycles. The van der Waals surface area contributed by atoms with E-state index in [1.54, 1.807) is 30.3 Å². The minimum atomic E-state index is -1.31. The van der Waals surface area contributed by atoms with Gasteiger partial charge in [-0.1, -0.05) is 60.4 Å². The van der Waals surface area contributed by atoms with Crippen molar-refractivity contribution in [1.82, 2.24) is 0 Å². The Balaban J connectivity index is 1.89. The summed E-state index contributed by atoms with van der Waals surface area (Å²) >= 11 is 6.51. The van der Waals surface area contributed by atoms with Gasteiger partial charge in [0, 0.05) is 5.56 Å². The highest BCUT2D eigenvalue weighted by Crippen LogP contribution is 2.36. The van der Waals surface area contributed by atoms with Crippen LogP contribution in [0.2, 0.25) is 0 Å². The number of aliphatic carboxylic acids is 1. The minimum Gasteiger partial charge on any atom is -0.546 e. The molecule has 1 aliphatic rings. The van der Waals surface area contributed by atoms with Crippen LogP contribution in [0.15, 0.2) is 59.5 Å². The van der Waals surface area contributed by atoms with Crippen molar-refractivity contribution in [3.05, 3.63) is 65.1 Å². The SMILES string of the molecule is O=C([O-])COc1ccccc1/C=C1\SC(=S)N(c2ccccc2)C1=O. The summed E-state index contributed by atoms with van der Waals surface area (Å²) in [5.74, 6) is -1.18. The molecule has 1 saturated heterocycles. The third-order valence-electron chi connectivity index (χ3n) is 3.36. The summed E-state index contributed by atoms with van der Waals surface area (Å²) in [4.78, 5) is 25.2. The molecule has 126 valence electrons. The number of hydrogen-bond donors (Lipinski definition) is 0. The molecule has 0 atom stereocenters. The van der Waals surface area contributed by atoms with Crippen LogP contribution in [0.25, 0.3) is 6.08 Å². The van der Waals surface area contributed by atoms with E-state index < -0.39 is 12.6 Å². The Bertz CT molecular complexity index is 864. The van der Waals surface area contributed by atoms with E-state index in [-0.39, 0.29) is 5.91 Å². The van der Waals surface area contributed by atoms with E-state index in [0.717, 1.165) is 0 Å². The largest absolute Gasteiger partial charge is 0.546 e. The molecule has 1 amide bonds. The minimum absolute atomic E-state index is 0.226. The first-order valence-electron chi connectivity index (χ1n) is 7.31. The average Bonchev–Trinajstić information content (AvgIpc) is 2.88. The third kappa shape index (κ3) is 3.89. The maximum absolute atomic E-state index is 12.7. The summed E-state index contributed by atoms with van der Waals surface area (Å²) in [7, 11) is 0. The Hall–Kier alpha value is -2.64. The molecule has 5 nitrogen and oxygen atoms in total. The van der Waals surface area contributed by atoms with Crippen LogP contribution in [0.5, 0.6) is 5.75 Å². The molecule has 1 aliphatic heterocycles. The molecule has 0 aliphatic carbocycles. The molecule has 0 N–H and O–H groups in total. The number of carbonyl (C=O) groups is 2. The quantitative estimate of drug-likeness (QED) is 0.594. The zero-order valence-corrected chi connectivity index (χ0v) is 14.5. The van der Waals surface area contributed by atoms with Crippen molar-refractivity contribution in [2.24, 2.45) is 0 Å². The number of carbonyl (C=O) groups excluding carboxylic acids is 2. The predicted molar refractivity (Wildman–Crippen MR) is 99.0 cm³/mol. The first-order valence-corrected chi connectivity index (χ1v) is 8.53. The predicted octanol–water partition coefficient (Wildman–Crippen LogP) is 2.22. The molecular formula is C18H12NO4S2-. The third-order valence-corrected chi connectivity index (χ3v) is 4.66. The first-order chi connectivity index (χ1) is 12.1. The number of benzene rings is 2. The number of rotatable bonds is 5. The standard InChI is InChI=1S/C18H13NO4S2/c20-16(21)11-23-14-9-5-4-6-12(14)10-15-17(22)19(18(24)25-15)13-7-2-1-3-8-13/h1-10H,11H2,(H,20,21)/p-1/b15-10-. The number of thiocarbonyl (C=S) groups is 1. The molecule has 2 aromatic rings. The lowest BCUT2D eigenvalue weighted by molar-refractivity contribution is -0.307. The smallest absolute Gasteiger partial charge is 0.270 e. The highest BCUT2D eigenvalue weighted by atomic mass is 32.2. The van der Waals surface area contributed by atoms with Gasteiger partial charge in [0.1, 0.15) is 12.4 Å². The van der Waals surface area contributed by atoms with Gasteiger partial charge in [-0.2, -0.15) is 0 Å². The Morgan fingerprint density at radius 1 is 1.16 bits per heavy atom. The van der Waals surface area contributed by atoms with E-state index in [2.05, 4.69) is 0 Å². The number of carboxylic acid groups (broad SMARTS) is 1. The summed E-state index contributed by atoms with van der Waals surface area (Å²) in [6.45, 7) is -0.560. The Kier molecular flexibility index (Phi) is 5.16. The lowest BCUT2D eigenvalue weighted by atomic mass is 10.2. The number of para-hydroxylation sites is 2. The number of amides is 1. The van der Waals surface area contributed by atoms with Crippen LogP contribution in [-0.2, 0) is 9.59 Å². The van der Waals surface area contributed by atoms with Gasteiger partial charge in [0.2, 0.25) is 0 Å². The summed E-state index contributed by atoms with van der Waals surface area (Å²) in [5.41, 5.74) is 1.30. The fourth-order valence-corrected chi connectivity index (χ4v) is 3.57. The number of nitrogens with zero attached hydrogens (tertiary/aromatic N) is 1. The van der Waals surface area contributed by atoms with Crippen molar-refractivity contribution in [2.45, 2.75) is 0 Å².